The van der Waals surface area contributed by atoms with Crippen LogP contribution >= 0.6 is 11.6 Å². The van der Waals surface area contributed by atoms with Crippen LogP contribution in [-0.4, -0.2) is 18.4 Å². The summed E-state index contributed by atoms with van der Waals surface area (Å²) in [7, 11) is 0. The fraction of sp³-hybridized carbons (Fsp3) is 0.263. The maximum atomic E-state index is 13.2. The maximum Gasteiger partial charge on any atom is 0.229 e. The van der Waals surface area contributed by atoms with E-state index in [0.717, 1.165) is 16.8 Å². The predicted molar refractivity (Wildman–Crippen MR) is 96.4 cm³/mol. The number of nitrogens with zero attached hydrogens (tertiary/aromatic N) is 1. The van der Waals surface area contributed by atoms with E-state index in [9.17, 15) is 14.0 Å². The number of hydrogen-bond acceptors (Lipinski definition) is 2. The lowest BCUT2D eigenvalue weighted by molar-refractivity contribution is -0.122. The van der Waals surface area contributed by atoms with Gasteiger partial charge in [-0.25, -0.2) is 4.39 Å². The average molecular weight is 361 g/mol. The number of amides is 2. The van der Waals surface area contributed by atoms with E-state index >= 15 is 0 Å². The summed E-state index contributed by atoms with van der Waals surface area (Å²) in [4.78, 5) is 26.5. The van der Waals surface area contributed by atoms with Gasteiger partial charge in [0.05, 0.1) is 10.9 Å². The van der Waals surface area contributed by atoms with Crippen molar-refractivity contribution in [3.8, 4) is 0 Å². The Morgan fingerprint density at radius 1 is 1.28 bits per heavy atom. The molecule has 4 nitrogen and oxygen atoms in total. The molecule has 6 heteroatoms. The van der Waals surface area contributed by atoms with Crippen LogP contribution in [-0.2, 0) is 9.59 Å². The number of carbonyl (C=O) groups is 2. The minimum absolute atomic E-state index is 0.0580. The van der Waals surface area contributed by atoms with Crippen LogP contribution in [0.25, 0.3) is 0 Å². The first-order valence-corrected chi connectivity index (χ1v) is 8.37. The lowest BCUT2D eigenvalue weighted by Crippen LogP contribution is -2.28. The van der Waals surface area contributed by atoms with Crippen LogP contribution in [0, 0.1) is 25.6 Å². The molecule has 1 saturated heterocycles. The first kappa shape index (κ1) is 17.4. The number of nitrogens with one attached hydrogen (secondary N) is 1. The first-order valence-electron chi connectivity index (χ1n) is 7.99. The van der Waals surface area contributed by atoms with Crippen LogP contribution in [0.5, 0.6) is 0 Å². The highest BCUT2D eigenvalue weighted by Crippen LogP contribution is 2.30. The Morgan fingerprint density at radius 3 is 2.76 bits per heavy atom. The summed E-state index contributed by atoms with van der Waals surface area (Å²) < 4.78 is 13.2. The molecule has 2 aromatic carbocycles. The predicted octanol–water partition coefficient (Wildman–Crippen LogP) is 4.09. The normalized spacial score (nSPS) is 17.0. The second-order valence-corrected chi connectivity index (χ2v) is 6.65. The fourth-order valence-corrected chi connectivity index (χ4v) is 3.14. The van der Waals surface area contributed by atoms with Crippen LogP contribution in [0.2, 0.25) is 5.02 Å². The lowest BCUT2D eigenvalue weighted by atomic mass is 10.1. The monoisotopic (exact) mass is 360 g/mol. The Balaban J connectivity index is 1.74. The summed E-state index contributed by atoms with van der Waals surface area (Å²) in [6.07, 6.45) is 0.147. The topological polar surface area (TPSA) is 49.4 Å². The molecule has 1 aliphatic rings. The Labute approximate surface area is 150 Å². The molecule has 0 spiro atoms. The zero-order valence-electron chi connectivity index (χ0n) is 14.0. The zero-order chi connectivity index (χ0) is 18.1. The highest BCUT2D eigenvalue weighted by Gasteiger charge is 2.35. The minimum atomic E-state index is -0.545. The highest BCUT2D eigenvalue weighted by molar-refractivity contribution is 6.31. The molecular weight excluding hydrogens is 343 g/mol. The second kappa shape index (κ2) is 6.84. The summed E-state index contributed by atoms with van der Waals surface area (Å²) in [5.74, 6) is -1.36. The van der Waals surface area contributed by atoms with Crippen molar-refractivity contribution in [1.82, 2.24) is 0 Å². The molecule has 25 heavy (non-hydrogen) atoms. The van der Waals surface area contributed by atoms with Gasteiger partial charge in [-0.05, 0) is 49.2 Å². The van der Waals surface area contributed by atoms with E-state index in [1.54, 1.807) is 4.90 Å². The van der Waals surface area contributed by atoms with Crippen molar-refractivity contribution in [2.75, 3.05) is 16.8 Å². The van der Waals surface area contributed by atoms with Gasteiger partial charge in [-0.3, -0.25) is 9.59 Å². The molecule has 0 bridgehead atoms. The molecule has 1 aliphatic heterocycles. The summed E-state index contributed by atoms with van der Waals surface area (Å²) in [6, 6.07) is 9.77. The molecule has 0 radical (unpaired) electrons. The first-order chi connectivity index (χ1) is 11.9. The molecular formula is C19H18ClFN2O2. The summed E-state index contributed by atoms with van der Waals surface area (Å²) in [5.41, 5.74) is 3.38. The third-order valence-corrected chi connectivity index (χ3v) is 4.84. The van der Waals surface area contributed by atoms with Gasteiger partial charge in [0.1, 0.15) is 5.82 Å². The van der Waals surface area contributed by atoms with E-state index in [-0.39, 0.29) is 23.3 Å². The van der Waals surface area contributed by atoms with E-state index < -0.39 is 11.7 Å². The highest BCUT2D eigenvalue weighted by atomic mass is 35.5. The Morgan fingerprint density at radius 2 is 2.04 bits per heavy atom. The van der Waals surface area contributed by atoms with Gasteiger partial charge in [0.2, 0.25) is 11.8 Å². The molecule has 1 heterocycles. The van der Waals surface area contributed by atoms with Crippen molar-refractivity contribution in [2.24, 2.45) is 5.92 Å². The number of aryl methyl sites for hydroxylation is 1. The van der Waals surface area contributed by atoms with Gasteiger partial charge in [0.25, 0.3) is 0 Å². The van der Waals surface area contributed by atoms with Gasteiger partial charge in [-0.1, -0.05) is 23.7 Å². The molecule has 130 valence electrons. The Bertz CT molecular complexity index is 853. The van der Waals surface area contributed by atoms with Gasteiger partial charge in [-0.15, -0.1) is 0 Å². The molecule has 0 saturated carbocycles. The Hall–Kier alpha value is -2.40. The second-order valence-electron chi connectivity index (χ2n) is 6.24. The van der Waals surface area contributed by atoms with Crippen LogP contribution in [0.15, 0.2) is 36.4 Å². The molecule has 0 aromatic heterocycles. The number of anilines is 2. The Kier molecular flexibility index (Phi) is 4.77. The van der Waals surface area contributed by atoms with Crippen LogP contribution < -0.4 is 10.2 Å². The molecule has 3 rings (SSSR count). The molecule has 1 fully saturated rings. The smallest absolute Gasteiger partial charge is 0.229 e. The fourth-order valence-electron chi connectivity index (χ4n) is 2.96. The molecule has 1 atom stereocenters. The van der Waals surface area contributed by atoms with Crippen molar-refractivity contribution in [2.45, 2.75) is 20.3 Å². The van der Waals surface area contributed by atoms with E-state index in [1.165, 1.54) is 18.2 Å². The molecule has 0 aliphatic carbocycles. The summed E-state index contributed by atoms with van der Waals surface area (Å²) >= 11 is 5.73. The maximum absolute atomic E-state index is 13.2. The molecule has 1 unspecified atom stereocenters. The number of carbonyl (C=O) groups excluding carboxylic acids is 2. The quantitative estimate of drug-likeness (QED) is 0.896. The van der Waals surface area contributed by atoms with Crippen molar-refractivity contribution in [3.05, 3.63) is 58.4 Å². The number of rotatable bonds is 3. The van der Waals surface area contributed by atoms with Crippen LogP contribution in [0.3, 0.4) is 0 Å². The molecule has 1 N–H and O–H groups in total. The van der Waals surface area contributed by atoms with Gasteiger partial charge < -0.3 is 10.2 Å². The number of benzene rings is 2. The van der Waals surface area contributed by atoms with E-state index in [2.05, 4.69) is 5.32 Å². The van der Waals surface area contributed by atoms with Crippen LogP contribution in [0.1, 0.15) is 17.5 Å². The summed E-state index contributed by atoms with van der Waals surface area (Å²) in [6.45, 7) is 4.28. The van der Waals surface area contributed by atoms with Gasteiger partial charge in [-0.2, -0.15) is 0 Å². The van der Waals surface area contributed by atoms with Gasteiger partial charge >= 0.3 is 0 Å². The molecule has 2 aromatic rings. The van der Waals surface area contributed by atoms with E-state index in [4.69, 9.17) is 11.6 Å². The van der Waals surface area contributed by atoms with Gasteiger partial charge in [0, 0.05) is 24.3 Å². The van der Waals surface area contributed by atoms with Crippen molar-refractivity contribution in [3.63, 3.8) is 0 Å². The zero-order valence-corrected chi connectivity index (χ0v) is 14.7. The molecule has 2 amide bonds. The summed E-state index contributed by atoms with van der Waals surface area (Å²) in [5, 5.41) is 2.64. The number of halogens is 2. The minimum Gasteiger partial charge on any atom is -0.326 e. The third-order valence-electron chi connectivity index (χ3n) is 4.55. The van der Waals surface area contributed by atoms with E-state index in [1.807, 2.05) is 32.0 Å². The van der Waals surface area contributed by atoms with Crippen LogP contribution in [0.4, 0.5) is 15.8 Å². The standard InChI is InChI=1S/C19H18ClFN2O2/c1-11-4-3-5-17(12(11)2)23-10-13(8-18(23)24)19(25)22-14-6-7-16(21)15(20)9-14/h3-7,9,13H,8,10H2,1-2H3,(H,22,25). The average Bonchev–Trinajstić information content (AvgIpc) is 2.95. The third kappa shape index (κ3) is 3.51. The van der Waals surface area contributed by atoms with Gasteiger partial charge in [0.15, 0.2) is 0 Å². The van der Waals surface area contributed by atoms with Crippen molar-refractivity contribution in [1.29, 1.82) is 0 Å². The number of hydrogen-bond donors (Lipinski definition) is 1. The lowest BCUT2D eigenvalue weighted by Gasteiger charge is -2.20. The van der Waals surface area contributed by atoms with Crippen molar-refractivity contribution >= 4 is 34.8 Å². The van der Waals surface area contributed by atoms with E-state index in [0.29, 0.717) is 12.2 Å². The largest absolute Gasteiger partial charge is 0.326 e. The van der Waals surface area contributed by atoms with Crippen molar-refractivity contribution < 1.29 is 14.0 Å². The SMILES string of the molecule is Cc1cccc(N2CC(C(=O)Nc3ccc(F)c(Cl)c3)CC2=O)c1C.